The van der Waals surface area contributed by atoms with Gasteiger partial charge in [0.25, 0.3) is 5.91 Å². The molecule has 98 valence electrons. The molecule has 1 amide bonds. The molecule has 1 aromatic carbocycles. The summed E-state index contributed by atoms with van der Waals surface area (Å²) >= 11 is 0. The fourth-order valence-corrected chi connectivity index (χ4v) is 2.32. The Kier molecular flexibility index (Phi) is 2.51. The van der Waals surface area contributed by atoms with Gasteiger partial charge in [-0.05, 0) is 24.1 Å². The Bertz CT molecular complexity index is 665. The summed E-state index contributed by atoms with van der Waals surface area (Å²) in [5, 5.41) is 3.95. The van der Waals surface area contributed by atoms with Crippen LogP contribution in [-0.4, -0.2) is 22.2 Å². The van der Waals surface area contributed by atoms with E-state index in [-0.39, 0.29) is 11.7 Å². The van der Waals surface area contributed by atoms with Gasteiger partial charge < -0.3 is 10.6 Å². The second kappa shape index (κ2) is 4.08. The monoisotopic (exact) mass is 260 g/mol. The number of amides is 1. The van der Waals surface area contributed by atoms with Crippen LogP contribution < -0.4 is 10.6 Å². The van der Waals surface area contributed by atoms with Crippen molar-refractivity contribution >= 4 is 17.4 Å². The van der Waals surface area contributed by atoms with E-state index in [0.29, 0.717) is 23.6 Å². The molecule has 0 unspecified atom stereocenters. The Morgan fingerprint density at radius 3 is 2.95 bits per heavy atom. The van der Waals surface area contributed by atoms with Crippen LogP contribution in [0.2, 0.25) is 0 Å². The van der Waals surface area contributed by atoms with Gasteiger partial charge >= 0.3 is 0 Å². The minimum atomic E-state index is -0.349. The van der Waals surface area contributed by atoms with Gasteiger partial charge in [-0.3, -0.25) is 9.48 Å². The molecule has 5 nitrogen and oxygen atoms in total. The van der Waals surface area contributed by atoms with Crippen molar-refractivity contribution < 1.29 is 9.18 Å². The van der Waals surface area contributed by atoms with E-state index in [4.69, 9.17) is 5.73 Å². The summed E-state index contributed by atoms with van der Waals surface area (Å²) in [5.74, 6) is -0.276. The molecule has 0 saturated carbocycles. The molecule has 2 N–H and O–H groups in total. The number of rotatable bonds is 1. The number of carbonyl (C=O) groups is 1. The number of nitrogens with zero attached hydrogens (tertiary/aromatic N) is 3. The van der Waals surface area contributed by atoms with Gasteiger partial charge in [-0.1, -0.05) is 6.07 Å². The maximum absolute atomic E-state index is 13.3. The Morgan fingerprint density at radius 1 is 1.47 bits per heavy atom. The first-order chi connectivity index (χ1) is 9.08. The van der Waals surface area contributed by atoms with Crippen LogP contribution in [0.15, 0.2) is 24.4 Å². The lowest BCUT2D eigenvalue weighted by Crippen LogP contribution is -2.29. The molecule has 0 saturated heterocycles. The highest BCUT2D eigenvalue weighted by Gasteiger charge is 2.28. The molecule has 0 atom stereocenters. The molecule has 2 heterocycles. The summed E-state index contributed by atoms with van der Waals surface area (Å²) in [6.07, 6.45) is 2.16. The molecule has 2 aromatic rings. The SMILES string of the molecule is Cn1ncc(C(=O)N2CCc3ccc(F)cc32)c1N. The third-order valence-corrected chi connectivity index (χ3v) is 3.40. The minimum absolute atomic E-state index is 0.241. The topological polar surface area (TPSA) is 64.2 Å². The summed E-state index contributed by atoms with van der Waals surface area (Å²) < 4.78 is 14.7. The molecule has 1 aliphatic rings. The first kappa shape index (κ1) is 11.7. The van der Waals surface area contributed by atoms with Gasteiger partial charge in [-0.2, -0.15) is 5.10 Å². The lowest BCUT2D eigenvalue weighted by molar-refractivity contribution is 0.0990. The normalized spacial score (nSPS) is 13.7. The van der Waals surface area contributed by atoms with Crippen molar-refractivity contribution in [1.29, 1.82) is 0 Å². The van der Waals surface area contributed by atoms with Gasteiger partial charge in [0.05, 0.1) is 11.9 Å². The average Bonchev–Trinajstić information content (AvgIpc) is 2.94. The highest BCUT2D eigenvalue weighted by atomic mass is 19.1. The van der Waals surface area contributed by atoms with Gasteiger partial charge in [0.1, 0.15) is 17.2 Å². The Hall–Kier alpha value is -2.37. The second-order valence-electron chi connectivity index (χ2n) is 4.55. The summed E-state index contributed by atoms with van der Waals surface area (Å²) in [4.78, 5) is 14.0. The third-order valence-electron chi connectivity index (χ3n) is 3.40. The zero-order chi connectivity index (χ0) is 13.6. The number of halogens is 1. The molecule has 6 heteroatoms. The van der Waals surface area contributed by atoms with Crippen molar-refractivity contribution in [3.63, 3.8) is 0 Å². The van der Waals surface area contributed by atoms with Gasteiger partial charge in [0.15, 0.2) is 0 Å². The van der Waals surface area contributed by atoms with Crippen molar-refractivity contribution in [2.45, 2.75) is 6.42 Å². The minimum Gasteiger partial charge on any atom is -0.383 e. The maximum atomic E-state index is 13.3. The van der Waals surface area contributed by atoms with Crippen molar-refractivity contribution in [3.05, 3.63) is 41.3 Å². The third kappa shape index (κ3) is 1.76. The fraction of sp³-hybridized carbons (Fsp3) is 0.231. The number of nitrogens with two attached hydrogens (primary N) is 1. The number of fused-ring (bicyclic) bond motifs is 1. The molecule has 0 radical (unpaired) electrons. The zero-order valence-electron chi connectivity index (χ0n) is 10.4. The number of carbonyl (C=O) groups excluding carboxylic acids is 1. The number of hydrogen-bond acceptors (Lipinski definition) is 3. The van der Waals surface area contributed by atoms with E-state index in [2.05, 4.69) is 5.10 Å². The molecule has 0 bridgehead atoms. The average molecular weight is 260 g/mol. The summed E-state index contributed by atoms with van der Waals surface area (Å²) in [6, 6.07) is 4.50. The lowest BCUT2D eigenvalue weighted by atomic mass is 10.1. The Balaban J connectivity index is 2.00. The standard InChI is InChI=1S/C13H13FN4O/c1-17-12(15)10(7-16-17)13(19)18-5-4-8-2-3-9(14)6-11(8)18/h2-3,6-7H,4-5,15H2,1H3. The first-order valence-electron chi connectivity index (χ1n) is 5.95. The van der Waals surface area contributed by atoms with Crippen LogP contribution in [0.5, 0.6) is 0 Å². The lowest BCUT2D eigenvalue weighted by Gasteiger charge is -2.16. The van der Waals surface area contributed by atoms with E-state index in [1.165, 1.54) is 23.0 Å². The first-order valence-corrected chi connectivity index (χ1v) is 5.95. The van der Waals surface area contributed by atoms with Crippen LogP contribution in [-0.2, 0) is 13.5 Å². The molecule has 19 heavy (non-hydrogen) atoms. The summed E-state index contributed by atoms with van der Waals surface area (Å²) in [5.41, 5.74) is 7.74. The fourth-order valence-electron chi connectivity index (χ4n) is 2.32. The molecule has 0 fully saturated rings. The van der Waals surface area contributed by atoms with Crippen molar-refractivity contribution in [2.24, 2.45) is 7.05 Å². The summed E-state index contributed by atoms with van der Waals surface area (Å²) in [7, 11) is 1.67. The summed E-state index contributed by atoms with van der Waals surface area (Å²) in [6.45, 7) is 0.534. The highest BCUT2D eigenvalue weighted by Crippen LogP contribution is 2.30. The largest absolute Gasteiger partial charge is 0.383 e. The number of aryl methyl sites for hydroxylation is 1. The zero-order valence-corrected chi connectivity index (χ0v) is 10.4. The molecule has 1 aliphatic heterocycles. The van der Waals surface area contributed by atoms with E-state index in [0.717, 1.165) is 12.0 Å². The number of nitrogen functional groups attached to an aromatic ring is 1. The van der Waals surface area contributed by atoms with Crippen molar-refractivity contribution in [1.82, 2.24) is 9.78 Å². The molecule has 3 rings (SSSR count). The molecular formula is C13H13FN4O. The quantitative estimate of drug-likeness (QED) is 0.841. The van der Waals surface area contributed by atoms with Gasteiger partial charge in [-0.15, -0.1) is 0 Å². The maximum Gasteiger partial charge on any atom is 0.263 e. The van der Waals surface area contributed by atoms with Crippen LogP contribution in [0.25, 0.3) is 0 Å². The predicted molar refractivity (Wildman–Crippen MR) is 69.4 cm³/mol. The molecular weight excluding hydrogens is 247 g/mol. The molecule has 1 aromatic heterocycles. The highest BCUT2D eigenvalue weighted by molar-refractivity contribution is 6.09. The van der Waals surface area contributed by atoms with E-state index in [1.54, 1.807) is 18.0 Å². The smallest absolute Gasteiger partial charge is 0.263 e. The van der Waals surface area contributed by atoms with E-state index in [9.17, 15) is 9.18 Å². The van der Waals surface area contributed by atoms with Crippen molar-refractivity contribution in [3.8, 4) is 0 Å². The van der Waals surface area contributed by atoms with Crippen LogP contribution in [0.3, 0.4) is 0 Å². The number of benzene rings is 1. The van der Waals surface area contributed by atoms with E-state index >= 15 is 0 Å². The number of hydrogen-bond donors (Lipinski definition) is 1. The van der Waals surface area contributed by atoms with Gasteiger partial charge in [0, 0.05) is 13.6 Å². The van der Waals surface area contributed by atoms with Crippen molar-refractivity contribution in [2.75, 3.05) is 17.2 Å². The van der Waals surface area contributed by atoms with Crippen LogP contribution in [0.1, 0.15) is 15.9 Å². The molecule has 0 aliphatic carbocycles. The van der Waals surface area contributed by atoms with Crippen LogP contribution in [0.4, 0.5) is 15.9 Å². The second-order valence-corrected chi connectivity index (χ2v) is 4.55. The van der Waals surface area contributed by atoms with Gasteiger partial charge in [-0.25, -0.2) is 4.39 Å². The number of anilines is 2. The predicted octanol–water partition coefficient (Wildman–Crippen LogP) is 1.34. The van der Waals surface area contributed by atoms with Crippen LogP contribution in [0, 0.1) is 5.82 Å². The number of aromatic nitrogens is 2. The van der Waals surface area contributed by atoms with E-state index < -0.39 is 0 Å². The van der Waals surface area contributed by atoms with Crippen LogP contribution >= 0.6 is 0 Å². The Labute approximate surface area is 109 Å². The molecule has 0 spiro atoms. The van der Waals surface area contributed by atoms with Gasteiger partial charge in [0.2, 0.25) is 0 Å². The Morgan fingerprint density at radius 2 is 2.26 bits per heavy atom. The van der Waals surface area contributed by atoms with E-state index in [1.807, 2.05) is 0 Å².